The number of nitrogens with two attached hydrogens (primary N) is 1. The molecule has 0 aliphatic carbocycles. The van der Waals surface area contributed by atoms with Crippen LogP contribution in [-0.2, 0) is 13.0 Å². The summed E-state index contributed by atoms with van der Waals surface area (Å²) in [5, 5.41) is 2.74. The van der Waals surface area contributed by atoms with Gasteiger partial charge in [-0.15, -0.1) is 11.3 Å². The highest BCUT2D eigenvalue weighted by Gasteiger charge is 2.37. The lowest BCUT2D eigenvalue weighted by Crippen LogP contribution is -2.29. The van der Waals surface area contributed by atoms with Gasteiger partial charge in [0.2, 0.25) is 0 Å². The maximum Gasteiger partial charge on any atom is 0.265 e. The second kappa shape index (κ2) is 10.2. The molecule has 4 rings (SSSR count). The predicted molar refractivity (Wildman–Crippen MR) is 135 cm³/mol. The highest BCUT2D eigenvalue weighted by molar-refractivity contribution is 7.18. The molecule has 0 radical (unpaired) electrons. The number of benzene rings is 2. The standard InChI is InChI=1S/C25H23ClN4O3S/c1-2-12-28-21(27)13-15-6-8-16(9-7-15)14-30-24(32)17-4-3-5-18(22(17)25(30)33)29-23(31)19-10-11-20(26)34-19/h3-11H,2,12-14H2,1H3,(H2,27,28)(H,29,31). The van der Waals surface area contributed by atoms with E-state index in [0.29, 0.717) is 33.7 Å². The number of carbonyl (C=O) groups excluding carboxylic acids is 3. The molecule has 3 N–H and O–H groups in total. The number of halogens is 1. The first kappa shape index (κ1) is 23.7. The van der Waals surface area contributed by atoms with E-state index in [1.165, 1.54) is 4.90 Å². The van der Waals surface area contributed by atoms with Crippen molar-refractivity contribution in [3.63, 3.8) is 0 Å². The Morgan fingerprint density at radius 3 is 2.47 bits per heavy atom. The minimum Gasteiger partial charge on any atom is -0.387 e. The van der Waals surface area contributed by atoms with Gasteiger partial charge < -0.3 is 11.1 Å². The Balaban J connectivity index is 1.49. The van der Waals surface area contributed by atoms with Gasteiger partial charge in [0.05, 0.1) is 38.4 Å². The van der Waals surface area contributed by atoms with Crippen LogP contribution in [0.15, 0.2) is 59.6 Å². The first-order chi connectivity index (χ1) is 16.4. The number of nitrogens with zero attached hydrogens (tertiary/aromatic N) is 2. The topological polar surface area (TPSA) is 105 Å². The Bertz CT molecular complexity index is 1280. The van der Waals surface area contributed by atoms with Crippen molar-refractivity contribution in [2.24, 2.45) is 10.7 Å². The predicted octanol–water partition coefficient (Wildman–Crippen LogP) is 4.76. The van der Waals surface area contributed by atoms with Crippen LogP contribution in [0.3, 0.4) is 0 Å². The largest absolute Gasteiger partial charge is 0.387 e. The number of thiophene rings is 1. The van der Waals surface area contributed by atoms with Crippen LogP contribution in [0.2, 0.25) is 4.34 Å². The van der Waals surface area contributed by atoms with Crippen LogP contribution in [0.1, 0.15) is 54.9 Å². The number of fused-ring (bicyclic) bond motifs is 1. The second-order valence-corrected chi connectivity index (χ2v) is 9.56. The van der Waals surface area contributed by atoms with Gasteiger partial charge in [0.15, 0.2) is 0 Å². The Labute approximate surface area is 206 Å². The number of aliphatic imine (C=N–C) groups is 1. The minimum absolute atomic E-state index is 0.125. The molecule has 34 heavy (non-hydrogen) atoms. The molecule has 174 valence electrons. The van der Waals surface area contributed by atoms with Crippen molar-refractivity contribution in [2.75, 3.05) is 11.9 Å². The minimum atomic E-state index is -0.444. The number of rotatable bonds is 8. The fraction of sp³-hybridized carbons (Fsp3) is 0.200. The second-order valence-electron chi connectivity index (χ2n) is 7.85. The molecule has 3 aromatic rings. The van der Waals surface area contributed by atoms with Gasteiger partial charge in [0.1, 0.15) is 0 Å². The van der Waals surface area contributed by atoms with Gasteiger partial charge >= 0.3 is 0 Å². The number of carbonyl (C=O) groups is 3. The highest BCUT2D eigenvalue weighted by Crippen LogP contribution is 2.31. The molecule has 0 fully saturated rings. The maximum absolute atomic E-state index is 13.2. The number of nitrogens with one attached hydrogen (secondary N) is 1. The number of hydrogen-bond acceptors (Lipinski definition) is 5. The lowest BCUT2D eigenvalue weighted by Gasteiger charge is -2.14. The van der Waals surface area contributed by atoms with Gasteiger partial charge in [-0.3, -0.25) is 24.3 Å². The van der Waals surface area contributed by atoms with E-state index in [-0.39, 0.29) is 23.6 Å². The smallest absolute Gasteiger partial charge is 0.265 e. The van der Waals surface area contributed by atoms with Crippen LogP contribution in [0.5, 0.6) is 0 Å². The number of anilines is 1. The molecule has 0 saturated heterocycles. The molecular weight excluding hydrogens is 472 g/mol. The molecule has 0 bridgehead atoms. The lowest BCUT2D eigenvalue weighted by atomic mass is 10.1. The first-order valence-electron chi connectivity index (χ1n) is 10.8. The van der Waals surface area contributed by atoms with Crippen molar-refractivity contribution < 1.29 is 14.4 Å². The average Bonchev–Trinajstić information content (AvgIpc) is 3.36. The van der Waals surface area contributed by atoms with Gasteiger partial charge in [-0.1, -0.05) is 48.9 Å². The average molecular weight is 495 g/mol. The van der Waals surface area contributed by atoms with Gasteiger partial charge in [-0.05, 0) is 41.8 Å². The normalized spacial score (nSPS) is 13.4. The number of imide groups is 1. The van der Waals surface area contributed by atoms with Crippen molar-refractivity contribution in [1.82, 2.24) is 4.90 Å². The summed E-state index contributed by atoms with van der Waals surface area (Å²) in [6.07, 6.45) is 1.49. The summed E-state index contributed by atoms with van der Waals surface area (Å²) in [4.78, 5) is 44.6. The molecule has 0 saturated carbocycles. The van der Waals surface area contributed by atoms with Gasteiger partial charge in [0.25, 0.3) is 17.7 Å². The van der Waals surface area contributed by atoms with Gasteiger partial charge in [0, 0.05) is 13.0 Å². The maximum atomic E-state index is 13.2. The molecule has 0 unspecified atom stereocenters. The monoisotopic (exact) mass is 494 g/mol. The summed E-state index contributed by atoms with van der Waals surface area (Å²) in [6, 6.07) is 15.7. The van der Waals surface area contributed by atoms with Crippen LogP contribution < -0.4 is 11.1 Å². The van der Waals surface area contributed by atoms with Crippen molar-refractivity contribution in [3.05, 3.63) is 86.1 Å². The third-order valence-corrected chi connectivity index (χ3v) is 6.56. The number of hydrogen-bond donors (Lipinski definition) is 2. The van der Waals surface area contributed by atoms with E-state index in [2.05, 4.69) is 10.3 Å². The van der Waals surface area contributed by atoms with Crippen LogP contribution in [0, 0.1) is 0 Å². The summed E-state index contributed by atoms with van der Waals surface area (Å²) in [7, 11) is 0. The molecule has 0 spiro atoms. The molecule has 2 heterocycles. The van der Waals surface area contributed by atoms with Crippen LogP contribution >= 0.6 is 22.9 Å². The van der Waals surface area contributed by atoms with Crippen molar-refractivity contribution in [1.29, 1.82) is 0 Å². The molecule has 0 atom stereocenters. The zero-order chi connectivity index (χ0) is 24.2. The van der Waals surface area contributed by atoms with Crippen molar-refractivity contribution in [2.45, 2.75) is 26.3 Å². The zero-order valence-corrected chi connectivity index (χ0v) is 20.1. The van der Waals surface area contributed by atoms with E-state index >= 15 is 0 Å². The van der Waals surface area contributed by atoms with E-state index < -0.39 is 11.8 Å². The molecule has 9 heteroatoms. The lowest BCUT2D eigenvalue weighted by molar-refractivity contribution is 0.0642. The molecule has 1 aromatic heterocycles. The quantitative estimate of drug-likeness (QED) is 0.267. The van der Waals surface area contributed by atoms with Gasteiger partial charge in [-0.2, -0.15) is 0 Å². The van der Waals surface area contributed by atoms with E-state index in [0.717, 1.165) is 28.9 Å². The fourth-order valence-corrected chi connectivity index (χ4v) is 4.61. The van der Waals surface area contributed by atoms with Crippen LogP contribution in [0.25, 0.3) is 0 Å². The number of amidine groups is 1. The summed E-state index contributed by atoms with van der Waals surface area (Å²) < 4.78 is 0.489. The van der Waals surface area contributed by atoms with Gasteiger partial charge in [-0.25, -0.2) is 0 Å². The fourth-order valence-electron chi connectivity index (χ4n) is 3.67. The third-order valence-electron chi connectivity index (χ3n) is 5.33. The molecule has 7 nitrogen and oxygen atoms in total. The van der Waals surface area contributed by atoms with E-state index in [1.54, 1.807) is 30.3 Å². The highest BCUT2D eigenvalue weighted by atomic mass is 35.5. The zero-order valence-electron chi connectivity index (χ0n) is 18.5. The summed E-state index contributed by atoms with van der Waals surface area (Å²) in [6.45, 7) is 2.87. The molecular formula is C25H23ClN4O3S. The molecule has 1 aliphatic rings. The molecule has 3 amide bonds. The molecule has 1 aliphatic heterocycles. The first-order valence-corrected chi connectivity index (χ1v) is 12.0. The van der Waals surface area contributed by atoms with E-state index in [9.17, 15) is 14.4 Å². The summed E-state index contributed by atoms with van der Waals surface area (Å²) in [5.74, 6) is -0.647. The van der Waals surface area contributed by atoms with Crippen LogP contribution in [-0.4, -0.2) is 35.0 Å². The summed E-state index contributed by atoms with van der Waals surface area (Å²) >= 11 is 7.05. The molecule has 2 aromatic carbocycles. The van der Waals surface area contributed by atoms with E-state index in [4.69, 9.17) is 17.3 Å². The Morgan fingerprint density at radius 1 is 1.06 bits per heavy atom. The van der Waals surface area contributed by atoms with E-state index in [1.807, 2.05) is 31.2 Å². The third kappa shape index (κ3) is 5.03. The summed E-state index contributed by atoms with van der Waals surface area (Å²) in [5.41, 5.74) is 8.52. The Hall–Kier alpha value is -3.49. The Kier molecular flexibility index (Phi) is 7.09. The van der Waals surface area contributed by atoms with Crippen LogP contribution in [0.4, 0.5) is 5.69 Å². The number of amides is 3. The SMILES string of the molecule is CCCN=C(N)Cc1ccc(CN2C(=O)c3cccc(NC(=O)c4ccc(Cl)s4)c3C2=O)cc1. The van der Waals surface area contributed by atoms with Crippen molar-refractivity contribution in [3.8, 4) is 0 Å². The van der Waals surface area contributed by atoms with Crippen molar-refractivity contribution >= 4 is 52.2 Å². The Morgan fingerprint density at radius 2 is 1.79 bits per heavy atom.